The number of nitrogens with zero attached hydrogens (tertiary/aromatic N) is 1. The van der Waals surface area contributed by atoms with Crippen LogP contribution < -0.4 is 0 Å². The summed E-state index contributed by atoms with van der Waals surface area (Å²) in [5, 5.41) is 9.24. The Kier molecular flexibility index (Phi) is 3.06. The Morgan fingerprint density at radius 2 is 1.88 bits per heavy atom. The molecule has 1 aliphatic heterocycles. The molecule has 1 N–H and O–H groups in total. The van der Waals surface area contributed by atoms with Gasteiger partial charge in [-0.3, -0.25) is 4.79 Å². The summed E-state index contributed by atoms with van der Waals surface area (Å²) in [5.74, 6) is -4.39. The Labute approximate surface area is 95.5 Å². The molecule has 1 aliphatic rings. The third-order valence-electron chi connectivity index (χ3n) is 2.67. The van der Waals surface area contributed by atoms with Gasteiger partial charge in [0.2, 0.25) is 0 Å². The van der Waals surface area contributed by atoms with E-state index in [9.17, 15) is 23.1 Å². The first kappa shape index (κ1) is 11.9. The maximum Gasteiger partial charge on any atom is 0.259 e. The van der Waals surface area contributed by atoms with Gasteiger partial charge in [0.25, 0.3) is 5.91 Å². The SMILES string of the molecule is O=C(c1c(F)cc(F)cc1F)N1CC[C@H](O)C1. The third kappa shape index (κ3) is 2.26. The number of hydrogen-bond donors (Lipinski definition) is 1. The lowest BCUT2D eigenvalue weighted by atomic mass is 10.1. The zero-order valence-electron chi connectivity index (χ0n) is 8.79. The fourth-order valence-corrected chi connectivity index (χ4v) is 1.83. The van der Waals surface area contributed by atoms with Crippen molar-refractivity contribution < 1.29 is 23.1 Å². The number of aliphatic hydroxyl groups excluding tert-OH is 1. The van der Waals surface area contributed by atoms with Crippen molar-refractivity contribution in [1.29, 1.82) is 0 Å². The van der Waals surface area contributed by atoms with Gasteiger partial charge in [-0.25, -0.2) is 13.2 Å². The fraction of sp³-hybridized carbons (Fsp3) is 0.364. The Balaban J connectivity index is 2.31. The van der Waals surface area contributed by atoms with Crippen molar-refractivity contribution in [3.63, 3.8) is 0 Å². The van der Waals surface area contributed by atoms with Crippen LogP contribution in [0.1, 0.15) is 16.8 Å². The summed E-state index contributed by atoms with van der Waals surface area (Å²) in [4.78, 5) is 12.9. The average Bonchev–Trinajstić information content (AvgIpc) is 2.63. The molecular weight excluding hydrogens is 235 g/mol. The van der Waals surface area contributed by atoms with Crippen LogP contribution in [0.5, 0.6) is 0 Å². The molecule has 1 aromatic rings. The largest absolute Gasteiger partial charge is 0.391 e. The predicted molar refractivity (Wildman–Crippen MR) is 52.8 cm³/mol. The monoisotopic (exact) mass is 245 g/mol. The molecule has 1 aromatic carbocycles. The van der Waals surface area contributed by atoms with Gasteiger partial charge >= 0.3 is 0 Å². The number of carbonyl (C=O) groups is 1. The summed E-state index contributed by atoms with van der Waals surface area (Å²) in [6, 6.07) is 0.922. The van der Waals surface area contributed by atoms with E-state index in [0.717, 1.165) is 4.90 Å². The lowest BCUT2D eigenvalue weighted by Gasteiger charge is -2.16. The van der Waals surface area contributed by atoms with Gasteiger partial charge in [-0.05, 0) is 6.42 Å². The van der Waals surface area contributed by atoms with Crippen molar-refractivity contribution in [2.45, 2.75) is 12.5 Å². The summed E-state index contributed by atoms with van der Waals surface area (Å²) >= 11 is 0. The maximum absolute atomic E-state index is 13.3. The number of halogens is 3. The van der Waals surface area contributed by atoms with Crippen LogP contribution in [-0.2, 0) is 0 Å². The van der Waals surface area contributed by atoms with Crippen molar-refractivity contribution in [2.75, 3.05) is 13.1 Å². The third-order valence-corrected chi connectivity index (χ3v) is 2.67. The first-order valence-corrected chi connectivity index (χ1v) is 5.11. The molecule has 0 saturated carbocycles. The van der Waals surface area contributed by atoms with Gasteiger partial charge in [0.1, 0.15) is 23.0 Å². The number of aliphatic hydroxyl groups is 1. The average molecular weight is 245 g/mol. The normalized spacial score (nSPS) is 19.8. The Hall–Kier alpha value is -1.56. The van der Waals surface area contributed by atoms with Gasteiger partial charge in [-0.2, -0.15) is 0 Å². The molecule has 1 amide bonds. The molecule has 1 atom stereocenters. The molecule has 92 valence electrons. The molecule has 0 aromatic heterocycles. The highest BCUT2D eigenvalue weighted by Gasteiger charge is 2.29. The predicted octanol–water partition coefficient (Wildman–Crippen LogP) is 1.31. The van der Waals surface area contributed by atoms with E-state index >= 15 is 0 Å². The van der Waals surface area contributed by atoms with Crippen molar-refractivity contribution in [3.8, 4) is 0 Å². The smallest absolute Gasteiger partial charge is 0.259 e. The standard InChI is InChI=1S/C11H10F3NO2/c12-6-3-8(13)10(9(14)4-6)11(17)15-2-1-7(16)5-15/h3-4,7,16H,1-2,5H2/t7-/m0/s1. The highest BCUT2D eigenvalue weighted by molar-refractivity contribution is 5.95. The van der Waals surface area contributed by atoms with Gasteiger partial charge < -0.3 is 10.0 Å². The van der Waals surface area contributed by atoms with Gasteiger partial charge in [-0.1, -0.05) is 0 Å². The Morgan fingerprint density at radius 1 is 1.29 bits per heavy atom. The van der Waals surface area contributed by atoms with Crippen LogP contribution in [-0.4, -0.2) is 35.1 Å². The van der Waals surface area contributed by atoms with Crippen LogP contribution in [0, 0.1) is 17.5 Å². The van der Waals surface area contributed by atoms with Crippen LogP contribution in [0.25, 0.3) is 0 Å². The highest BCUT2D eigenvalue weighted by atomic mass is 19.1. The van der Waals surface area contributed by atoms with Gasteiger partial charge in [0.05, 0.1) is 6.10 Å². The first-order chi connectivity index (χ1) is 7.99. The minimum absolute atomic E-state index is 0.0368. The van der Waals surface area contributed by atoms with Gasteiger partial charge in [-0.15, -0.1) is 0 Å². The van der Waals surface area contributed by atoms with E-state index < -0.39 is 35.0 Å². The number of hydrogen-bond acceptors (Lipinski definition) is 2. The molecule has 17 heavy (non-hydrogen) atoms. The van der Waals surface area contributed by atoms with E-state index in [1.165, 1.54) is 0 Å². The quantitative estimate of drug-likeness (QED) is 0.810. The summed E-state index contributed by atoms with van der Waals surface area (Å²) in [6.07, 6.45) is -0.304. The molecule has 1 saturated heterocycles. The van der Waals surface area contributed by atoms with Crippen molar-refractivity contribution in [3.05, 3.63) is 35.1 Å². The van der Waals surface area contributed by atoms with Crippen LogP contribution in [0.2, 0.25) is 0 Å². The molecule has 1 heterocycles. The number of β-amino-alcohol motifs (C(OH)–C–C–N with tert-alkyl or cyclic N) is 1. The lowest BCUT2D eigenvalue weighted by molar-refractivity contribution is 0.0755. The Bertz CT molecular complexity index is 441. The molecule has 1 fully saturated rings. The summed E-state index contributed by atoms with van der Waals surface area (Å²) in [6.45, 7) is 0.269. The number of carbonyl (C=O) groups excluding carboxylic acids is 1. The van der Waals surface area contributed by atoms with Crippen LogP contribution in [0.3, 0.4) is 0 Å². The molecule has 6 heteroatoms. The van der Waals surface area contributed by atoms with Crippen molar-refractivity contribution in [1.82, 2.24) is 4.90 Å². The Morgan fingerprint density at radius 3 is 2.35 bits per heavy atom. The summed E-state index contributed by atoms with van der Waals surface area (Å²) in [5.41, 5.74) is -0.777. The highest BCUT2D eigenvalue weighted by Crippen LogP contribution is 2.19. The molecule has 0 spiro atoms. The molecule has 0 bridgehead atoms. The van der Waals surface area contributed by atoms with Crippen molar-refractivity contribution in [2.24, 2.45) is 0 Å². The molecular formula is C11H10F3NO2. The van der Waals surface area contributed by atoms with E-state index in [0.29, 0.717) is 18.6 Å². The molecule has 0 unspecified atom stereocenters. The fourth-order valence-electron chi connectivity index (χ4n) is 1.83. The van der Waals surface area contributed by atoms with E-state index in [2.05, 4.69) is 0 Å². The van der Waals surface area contributed by atoms with Crippen molar-refractivity contribution >= 4 is 5.91 Å². The topological polar surface area (TPSA) is 40.5 Å². The number of amides is 1. The van der Waals surface area contributed by atoms with Crippen LogP contribution in [0.4, 0.5) is 13.2 Å². The van der Waals surface area contributed by atoms with Crippen LogP contribution >= 0.6 is 0 Å². The summed E-state index contributed by atoms with van der Waals surface area (Å²) in [7, 11) is 0. The van der Waals surface area contributed by atoms with E-state index in [1.807, 2.05) is 0 Å². The van der Waals surface area contributed by atoms with Gasteiger partial charge in [0, 0.05) is 25.2 Å². The number of benzene rings is 1. The molecule has 2 rings (SSSR count). The number of rotatable bonds is 1. The minimum Gasteiger partial charge on any atom is -0.391 e. The second-order valence-electron chi connectivity index (χ2n) is 3.94. The lowest BCUT2D eigenvalue weighted by Crippen LogP contribution is -2.31. The number of likely N-dealkylation sites (tertiary alicyclic amines) is 1. The maximum atomic E-state index is 13.3. The zero-order chi connectivity index (χ0) is 12.6. The second-order valence-corrected chi connectivity index (χ2v) is 3.94. The first-order valence-electron chi connectivity index (χ1n) is 5.11. The molecule has 0 radical (unpaired) electrons. The van der Waals surface area contributed by atoms with E-state index in [4.69, 9.17) is 0 Å². The van der Waals surface area contributed by atoms with E-state index in [-0.39, 0.29) is 13.1 Å². The zero-order valence-corrected chi connectivity index (χ0v) is 8.79. The summed E-state index contributed by atoms with van der Waals surface area (Å²) < 4.78 is 39.3. The van der Waals surface area contributed by atoms with E-state index in [1.54, 1.807) is 0 Å². The molecule has 3 nitrogen and oxygen atoms in total. The molecule has 0 aliphatic carbocycles. The van der Waals surface area contributed by atoms with Crippen LogP contribution in [0.15, 0.2) is 12.1 Å². The van der Waals surface area contributed by atoms with Gasteiger partial charge in [0.15, 0.2) is 0 Å². The minimum atomic E-state index is -1.23. The second kappa shape index (κ2) is 4.37.